The monoisotopic (exact) mass is 432 g/mol. The van der Waals surface area contributed by atoms with Gasteiger partial charge in [0.2, 0.25) is 5.91 Å². The second-order valence-electron chi connectivity index (χ2n) is 6.78. The molecule has 0 unspecified atom stereocenters. The number of amides is 3. The molecule has 1 heterocycles. The van der Waals surface area contributed by atoms with Crippen LogP contribution >= 0.6 is 0 Å². The summed E-state index contributed by atoms with van der Waals surface area (Å²) in [6.45, 7) is -1.29. The number of rotatable bonds is 6. The van der Waals surface area contributed by atoms with E-state index in [4.69, 9.17) is 0 Å². The Morgan fingerprint density at radius 2 is 1.65 bits per heavy atom. The van der Waals surface area contributed by atoms with E-state index in [0.717, 1.165) is 5.56 Å². The normalized spacial score (nSPS) is 14.1. The standard InChI is InChI=1S/C21H19F3N4O3/c22-21(23,24)13-25-19(30)15-8-4-5-9-16(15)26-20(31)17-10-11-18(29)28(27-17)12-14-6-2-1-3-7-14/h1-9H,10-13H2,(H,25,30)(H,26,31). The highest BCUT2D eigenvalue weighted by molar-refractivity contribution is 6.43. The number of carbonyl (C=O) groups excluding carboxylic acids is 3. The summed E-state index contributed by atoms with van der Waals surface area (Å²) >= 11 is 0. The first-order valence-electron chi connectivity index (χ1n) is 9.40. The number of benzene rings is 2. The third-order valence-corrected chi connectivity index (χ3v) is 4.41. The van der Waals surface area contributed by atoms with E-state index in [1.807, 2.05) is 30.3 Å². The molecule has 1 aliphatic heterocycles. The summed E-state index contributed by atoms with van der Waals surface area (Å²) in [6, 6.07) is 14.8. The Bertz CT molecular complexity index is 1010. The lowest BCUT2D eigenvalue weighted by molar-refractivity contribution is -0.132. The molecule has 10 heteroatoms. The molecular formula is C21H19F3N4O3. The number of hydrogen-bond acceptors (Lipinski definition) is 4. The first-order chi connectivity index (χ1) is 14.7. The predicted molar refractivity (Wildman–Crippen MR) is 107 cm³/mol. The van der Waals surface area contributed by atoms with Gasteiger partial charge in [0, 0.05) is 12.8 Å². The summed E-state index contributed by atoms with van der Waals surface area (Å²) in [5, 5.41) is 9.62. The highest BCUT2D eigenvalue weighted by Gasteiger charge is 2.29. The van der Waals surface area contributed by atoms with Crippen LogP contribution in [0.4, 0.5) is 18.9 Å². The summed E-state index contributed by atoms with van der Waals surface area (Å²) in [5.74, 6) is -1.84. The average Bonchev–Trinajstić information content (AvgIpc) is 2.74. The SMILES string of the molecule is O=C(Nc1ccccc1C(=O)NCC(F)(F)F)C1=NN(Cc2ccccc2)C(=O)CC1. The molecule has 0 spiro atoms. The number of nitrogens with zero attached hydrogens (tertiary/aromatic N) is 2. The number of hydrogen-bond donors (Lipinski definition) is 2. The van der Waals surface area contributed by atoms with Crippen LogP contribution in [-0.2, 0) is 16.1 Å². The van der Waals surface area contributed by atoms with Crippen molar-refractivity contribution < 1.29 is 27.6 Å². The molecule has 3 rings (SSSR count). The van der Waals surface area contributed by atoms with E-state index in [1.165, 1.54) is 29.3 Å². The van der Waals surface area contributed by atoms with Crippen LogP contribution in [-0.4, -0.2) is 41.2 Å². The van der Waals surface area contributed by atoms with E-state index >= 15 is 0 Å². The topological polar surface area (TPSA) is 90.9 Å². The zero-order chi connectivity index (χ0) is 22.4. The largest absolute Gasteiger partial charge is 0.405 e. The Kier molecular flexibility index (Phi) is 6.68. The van der Waals surface area contributed by atoms with Gasteiger partial charge >= 0.3 is 6.18 Å². The Hall–Kier alpha value is -3.69. The van der Waals surface area contributed by atoms with Crippen LogP contribution in [0.1, 0.15) is 28.8 Å². The van der Waals surface area contributed by atoms with Crippen LogP contribution in [0.2, 0.25) is 0 Å². The first kappa shape index (κ1) is 22.0. The fourth-order valence-corrected chi connectivity index (χ4v) is 2.91. The average molecular weight is 432 g/mol. The van der Waals surface area contributed by atoms with Gasteiger partial charge in [-0.05, 0) is 17.7 Å². The van der Waals surface area contributed by atoms with Crippen molar-refractivity contribution in [2.75, 3.05) is 11.9 Å². The van der Waals surface area contributed by atoms with Crippen LogP contribution in [0.15, 0.2) is 59.7 Å². The highest BCUT2D eigenvalue weighted by Crippen LogP contribution is 2.19. The summed E-state index contributed by atoms with van der Waals surface area (Å²) in [7, 11) is 0. The lowest BCUT2D eigenvalue weighted by Gasteiger charge is -2.23. The van der Waals surface area contributed by atoms with Crippen LogP contribution in [0.25, 0.3) is 0 Å². The molecule has 0 aromatic heterocycles. The van der Waals surface area contributed by atoms with Crippen molar-refractivity contribution in [1.82, 2.24) is 10.3 Å². The number of carbonyl (C=O) groups is 3. The number of nitrogens with one attached hydrogen (secondary N) is 2. The minimum atomic E-state index is -4.56. The van der Waals surface area contributed by atoms with Crippen molar-refractivity contribution in [3.63, 3.8) is 0 Å². The molecule has 162 valence electrons. The van der Waals surface area contributed by atoms with E-state index in [0.29, 0.717) is 0 Å². The third kappa shape index (κ3) is 6.14. The number of hydrazone groups is 1. The maximum Gasteiger partial charge on any atom is 0.405 e. The van der Waals surface area contributed by atoms with Gasteiger partial charge in [-0.1, -0.05) is 42.5 Å². The summed E-state index contributed by atoms with van der Waals surface area (Å²) < 4.78 is 37.1. The van der Waals surface area contributed by atoms with Gasteiger partial charge in [-0.2, -0.15) is 18.3 Å². The summed E-state index contributed by atoms with van der Waals surface area (Å²) in [5.41, 5.74) is 0.851. The number of anilines is 1. The first-order valence-corrected chi connectivity index (χ1v) is 9.40. The predicted octanol–water partition coefficient (Wildman–Crippen LogP) is 3.10. The zero-order valence-electron chi connectivity index (χ0n) is 16.3. The highest BCUT2D eigenvalue weighted by atomic mass is 19.4. The molecule has 7 nitrogen and oxygen atoms in total. The summed E-state index contributed by atoms with van der Waals surface area (Å²) in [6.07, 6.45) is -4.36. The molecule has 0 saturated carbocycles. The Morgan fingerprint density at radius 3 is 2.35 bits per heavy atom. The second-order valence-corrected chi connectivity index (χ2v) is 6.78. The Morgan fingerprint density at radius 1 is 0.968 bits per heavy atom. The molecular weight excluding hydrogens is 413 g/mol. The maximum absolute atomic E-state index is 12.7. The molecule has 3 amide bonds. The lowest BCUT2D eigenvalue weighted by atomic mass is 10.1. The minimum absolute atomic E-state index is 0.0429. The van der Waals surface area contributed by atoms with E-state index in [1.54, 1.807) is 5.32 Å². The van der Waals surface area contributed by atoms with Gasteiger partial charge in [-0.3, -0.25) is 14.4 Å². The fourth-order valence-electron chi connectivity index (χ4n) is 2.91. The minimum Gasteiger partial charge on any atom is -0.343 e. The van der Waals surface area contributed by atoms with Gasteiger partial charge in [0.25, 0.3) is 11.8 Å². The molecule has 0 radical (unpaired) electrons. The van der Waals surface area contributed by atoms with Gasteiger partial charge in [0.15, 0.2) is 0 Å². The number of para-hydroxylation sites is 1. The summed E-state index contributed by atoms with van der Waals surface area (Å²) in [4.78, 5) is 37.0. The van der Waals surface area contributed by atoms with E-state index < -0.39 is 24.5 Å². The van der Waals surface area contributed by atoms with Gasteiger partial charge in [0.05, 0.1) is 17.8 Å². The van der Waals surface area contributed by atoms with Gasteiger partial charge in [0.1, 0.15) is 12.3 Å². The number of halogens is 3. The molecule has 1 aliphatic rings. The maximum atomic E-state index is 12.7. The Balaban J connectivity index is 1.73. The molecule has 2 aromatic carbocycles. The molecule has 0 aliphatic carbocycles. The van der Waals surface area contributed by atoms with Gasteiger partial charge in [-0.15, -0.1) is 0 Å². The van der Waals surface area contributed by atoms with Gasteiger partial charge < -0.3 is 10.6 Å². The fraction of sp³-hybridized carbons (Fsp3) is 0.238. The van der Waals surface area contributed by atoms with E-state index in [-0.39, 0.29) is 42.3 Å². The van der Waals surface area contributed by atoms with Crippen molar-refractivity contribution in [1.29, 1.82) is 0 Å². The molecule has 0 bridgehead atoms. The van der Waals surface area contributed by atoms with Crippen molar-refractivity contribution in [3.05, 3.63) is 65.7 Å². The van der Waals surface area contributed by atoms with Crippen LogP contribution in [0.3, 0.4) is 0 Å². The molecule has 0 saturated heterocycles. The van der Waals surface area contributed by atoms with Crippen LogP contribution in [0, 0.1) is 0 Å². The molecule has 0 atom stereocenters. The van der Waals surface area contributed by atoms with Crippen molar-refractivity contribution in [3.8, 4) is 0 Å². The smallest absolute Gasteiger partial charge is 0.343 e. The van der Waals surface area contributed by atoms with Gasteiger partial charge in [-0.25, -0.2) is 5.01 Å². The molecule has 2 N–H and O–H groups in total. The molecule has 31 heavy (non-hydrogen) atoms. The second kappa shape index (κ2) is 9.41. The van der Waals surface area contributed by atoms with E-state index in [9.17, 15) is 27.6 Å². The quantitative estimate of drug-likeness (QED) is 0.735. The van der Waals surface area contributed by atoms with E-state index in [2.05, 4.69) is 10.4 Å². The molecule has 0 fully saturated rings. The molecule has 2 aromatic rings. The Labute approximate surface area is 175 Å². The van der Waals surface area contributed by atoms with Crippen molar-refractivity contribution in [2.24, 2.45) is 5.10 Å². The van der Waals surface area contributed by atoms with Crippen LogP contribution in [0.5, 0.6) is 0 Å². The van der Waals surface area contributed by atoms with Crippen molar-refractivity contribution >= 4 is 29.1 Å². The van der Waals surface area contributed by atoms with Crippen molar-refractivity contribution in [2.45, 2.75) is 25.6 Å². The third-order valence-electron chi connectivity index (χ3n) is 4.41. The zero-order valence-corrected chi connectivity index (χ0v) is 16.3. The van der Waals surface area contributed by atoms with Crippen LogP contribution < -0.4 is 10.6 Å². The number of alkyl halides is 3. The lowest BCUT2D eigenvalue weighted by Crippen LogP contribution is -2.37.